The van der Waals surface area contributed by atoms with Crippen LogP contribution in [0.25, 0.3) is 5.76 Å². The maximum atomic E-state index is 13.2. The Labute approximate surface area is 184 Å². The average Bonchev–Trinajstić information content (AvgIpc) is 3.51. The van der Waals surface area contributed by atoms with E-state index in [0.717, 1.165) is 17.7 Å². The van der Waals surface area contributed by atoms with Gasteiger partial charge in [0.05, 0.1) is 19.3 Å². The molecule has 2 aliphatic heterocycles. The topological polar surface area (TPSA) is 89.2 Å². The van der Waals surface area contributed by atoms with E-state index in [1.54, 1.807) is 68.6 Å². The number of carbonyl (C=O) groups is 2. The minimum Gasteiger partial charge on any atom is -0.507 e. The number of carbonyl (C=O) groups excluding carboxylic acids is 2. The van der Waals surface area contributed by atoms with Crippen LogP contribution in [0.2, 0.25) is 0 Å². The van der Waals surface area contributed by atoms with Crippen LogP contribution >= 0.6 is 0 Å². The third kappa shape index (κ3) is 3.13. The zero-order chi connectivity index (χ0) is 22.4. The van der Waals surface area contributed by atoms with Gasteiger partial charge in [-0.3, -0.25) is 14.5 Å². The lowest BCUT2D eigenvalue weighted by Crippen LogP contribution is -2.29. The summed E-state index contributed by atoms with van der Waals surface area (Å²) in [7, 11) is 1.55. The number of hydrogen-bond donors (Lipinski definition) is 1. The molecule has 0 spiro atoms. The lowest BCUT2D eigenvalue weighted by Gasteiger charge is -2.23. The summed E-state index contributed by atoms with van der Waals surface area (Å²) in [5.74, 6) is 0.663. The molecule has 5 rings (SSSR count). The number of Topliss-reactive ketones (excluding diaryl/α,β-unsaturated/α-hetero) is 1. The normalized spacial score (nSPS) is 19.2. The predicted molar refractivity (Wildman–Crippen MR) is 117 cm³/mol. The Morgan fingerprint density at radius 2 is 1.88 bits per heavy atom. The van der Waals surface area contributed by atoms with Crippen LogP contribution in [-0.2, 0) is 16.0 Å². The Bertz CT molecular complexity index is 1250. The van der Waals surface area contributed by atoms with Crippen molar-refractivity contribution < 1.29 is 28.6 Å². The number of ether oxygens (including phenoxy) is 2. The Morgan fingerprint density at radius 1 is 1.09 bits per heavy atom. The van der Waals surface area contributed by atoms with Gasteiger partial charge in [-0.1, -0.05) is 0 Å². The number of aryl methyl sites for hydroxylation is 1. The van der Waals surface area contributed by atoms with Crippen molar-refractivity contribution in [3.05, 3.63) is 82.8 Å². The van der Waals surface area contributed by atoms with Crippen molar-refractivity contribution in [3.8, 4) is 11.5 Å². The monoisotopic (exact) mass is 431 g/mol. The number of amides is 1. The van der Waals surface area contributed by atoms with Crippen molar-refractivity contribution in [2.45, 2.75) is 19.4 Å². The van der Waals surface area contributed by atoms with E-state index >= 15 is 0 Å². The number of benzene rings is 2. The van der Waals surface area contributed by atoms with Crippen LogP contribution in [0.1, 0.15) is 28.7 Å². The summed E-state index contributed by atoms with van der Waals surface area (Å²) in [6.45, 7) is 2.36. The number of fused-ring (bicyclic) bond motifs is 1. The molecule has 1 N–H and O–H groups in total. The Kier molecular flexibility index (Phi) is 4.74. The third-order valence-electron chi connectivity index (χ3n) is 5.79. The minimum atomic E-state index is -0.901. The van der Waals surface area contributed by atoms with Crippen LogP contribution < -0.4 is 14.4 Å². The second kappa shape index (κ2) is 7.60. The van der Waals surface area contributed by atoms with Crippen molar-refractivity contribution in [1.29, 1.82) is 0 Å². The fourth-order valence-electron chi connectivity index (χ4n) is 4.20. The molecule has 7 heteroatoms. The average molecular weight is 431 g/mol. The standard InChI is InChI=1S/C25H21NO6/c1-14-3-9-20(32-14)22-21(23(27)16-4-10-19-15(13-16)11-12-31-19)24(28)25(29)26(22)17-5-7-18(30-2)8-6-17/h3-10,13,22,27H,11-12H2,1-2H3/b23-21-. The number of aliphatic hydroxyl groups excluding tert-OH is 1. The number of anilines is 1. The van der Waals surface area contributed by atoms with Crippen LogP contribution in [0.3, 0.4) is 0 Å². The van der Waals surface area contributed by atoms with Gasteiger partial charge in [-0.2, -0.15) is 0 Å². The molecule has 2 aromatic carbocycles. The molecule has 1 fully saturated rings. The molecular weight excluding hydrogens is 410 g/mol. The first kappa shape index (κ1) is 19.9. The summed E-state index contributed by atoms with van der Waals surface area (Å²) < 4.78 is 16.5. The number of hydrogen-bond acceptors (Lipinski definition) is 6. The molecule has 3 heterocycles. The molecular formula is C25H21NO6. The van der Waals surface area contributed by atoms with Crippen LogP contribution in [0.15, 0.2) is 64.6 Å². The highest BCUT2D eigenvalue weighted by molar-refractivity contribution is 6.51. The second-order valence-electron chi connectivity index (χ2n) is 7.74. The van der Waals surface area contributed by atoms with Gasteiger partial charge in [-0.15, -0.1) is 0 Å². The number of rotatable bonds is 4. The first-order valence-electron chi connectivity index (χ1n) is 10.3. The Hall–Kier alpha value is -4.00. The second-order valence-corrected chi connectivity index (χ2v) is 7.74. The summed E-state index contributed by atoms with van der Waals surface area (Å²) in [6, 6.07) is 14.6. The van der Waals surface area contributed by atoms with Gasteiger partial charge in [0, 0.05) is 17.7 Å². The molecule has 162 valence electrons. The van der Waals surface area contributed by atoms with Crippen LogP contribution in [0.5, 0.6) is 11.5 Å². The number of methoxy groups -OCH3 is 1. The molecule has 32 heavy (non-hydrogen) atoms. The summed E-state index contributed by atoms with van der Waals surface area (Å²) in [4.78, 5) is 27.6. The number of aliphatic hydroxyl groups is 1. The smallest absolute Gasteiger partial charge is 0.300 e. The van der Waals surface area contributed by atoms with Crippen molar-refractivity contribution in [1.82, 2.24) is 0 Å². The maximum absolute atomic E-state index is 13.2. The Balaban J connectivity index is 1.67. The van der Waals surface area contributed by atoms with E-state index in [4.69, 9.17) is 13.9 Å². The van der Waals surface area contributed by atoms with Gasteiger partial charge >= 0.3 is 0 Å². The first-order valence-corrected chi connectivity index (χ1v) is 10.3. The van der Waals surface area contributed by atoms with Gasteiger partial charge in [-0.05, 0) is 67.1 Å². The summed E-state index contributed by atoms with van der Waals surface area (Å²) in [5.41, 5.74) is 1.88. The molecule has 1 atom stereocenters. The van der Waals surface area contributed by atoms with Gasteiger partial charge < -0.3 is 19.0 Å². The van der Waals surface area contributed by atoms with Crippen LogP contribution in [0, 0.1) is 6.92 Å². The van der Waals surface area contributed by atoms with E-state index in [0.29, 0.717) is 35.1 Å². The minimum absolute atomic E-state index is 0.0148. The first-order chi connectivity index (χ1) is 15.5. The van der Waals surface area contributed by atoms with Crippen molar-refractivity contribution in [2.75, 3.05) is 18.6 Å². The van der Waals surface area contributed by atoms with Gasteiger partial charge in [0.25, 0.3) is 11.7 Å². The summed E-state index contributed by atoms with van der Waals surface area (Å²) in [5, 5.41) is 11.2. The maximum Gasteiger partial charge on any atom is 0.300 e. The lowest BCUT2D eigenvalue weighted by atomic mass is 9.98. The van der Waals surface area contributed by atoms with Crippen molar-refractivity contribution in [3.63, 3.8) is 0 Å². The number of ketones is 1. The van der Waals surface area contributed by atoms with E-state index in [1.165, 1.54) is 4.90 Å². The molecule has 1 unspecified atom stereocenters. The van der Waals surface area contributed by atoms with E-state index in [1.807, 2.05) is 0 Å². The fourth-order valence-corrected chi connectivity index (χ4v) is 4.20. The molecule has 1 saturated heterocycles. The quantitative estimate of drug-likeness (QED) is 0.379. The van der Waals surface area contributed by atoms with Crippen molar-refractivity contribution >= 4 is 23.1 Å². The molecule has 0 saturated carbocycles. The lowest BCUT2D eigenvalue weighted by molar-refractivity contribution is -0.132. The zero-order valence-electron chi connectivity index (χ0n) is 17.6. The van der Waals surface area contributed by atoms with Gasteiger partial charge in [0.15, 0.2) is 0 Å². The Morgan fingerprint density at radius 3 is 2.56 bits per heavy atom. The molecule has 2 aliphatic rings. The number of furan rings is 1. The summed E-state index contributed by atoms with van der Waals surface area (Å²) in [6.07, 6.45) is 0.720. The molecule has 1 aromatic heterocycles. The number of nitrogens with zero attached hydrogens (tertiary/aromatic N) is 1. The summed E-state index contributed by atoms with van der Waals surface area (Å²) >= 11 is 0. The zero-order valence-corrected chi connectivity index (χ0v) is 17.6. The predicted octanol–water partition coefficient (Wildman–Crippen LogP) is 4.16. The van der Waals surface area contributed by atoms with Crippen molar-refractivity contribution in [2.24, 2.45) is 0 Å². The van der Waals surface area contributed by atoms with E-state index in [-0.39, 0.29) is 11.3 Å². The highest BCUT2D eigenvalue weighted by Crippen LogP contribution is 2.43. The van der Waals surface area contributed by atoms with Crippen LogP contribution in [0.4, 0.5) is 5.69 Å². The van der Waals surface area contributed by atoms with E-state index < -0.39 is 17.7 Å². The van der Waals surface area contributed by atoms with E-state index in [2.05, 4.69) is 0 Å². The molecule has 0 aliphatic carbocycles. The molecule has 0 radical (unpaired) electrons. The fraction of sp³-hybridized carbons (Fsp3) is 0.200. The third-order valence-corrected chi connectivity index (χ3v) is 5.79. The molecule has 1 amide bonds. The van der Waals surface area contributed by atoms with Gasteiger partial charge in [0.1, 0.15) is 34.8 Å². The highest BCUT2D eigenvalue weighted by atomic mass is 16.5. The van der Waals surface area contributed by atoms with E-state index in [9.17, 15) is 14.7 Å². The van der Waals surface area contributed by atoms with Crippen LogP contribution in [-0.4, -0.2) is 30.5 Å². The SMILES string of the molecule is COc1ccc(N2C(=O)C(=O)/C(=C(\O)c3ccc4c(c3)CCO4)C2c2ccc(C)o2)cc1. The van der Waals surface area contributed by atoms with Gasteiger partial charge in [0.2, 0.25) is 0 Å². The molecule has 0 bridgehead atoms. The molecule has 7 nitrogen and oxygen atoms in total. The van der Waals surface area contributed by atoms with Gasteiger partial charge in [-0.25, -0.2) is 0 Å². The largest absolute Gasteiger partial charge is 0.507 e. The highest BCUT2D eigenvalue weighted by Gasteiger charge is 2.48. The molecule has 3 aromatic rings.